The Balaban J connectivity index is 2.61. The summed E-state index contributed by atoms with van der Waals surface area (Å²) >= 11 is 3.47. The maximum absolute atomic E-state index is 5.04. The summed E-state index contributed by atoms with van der Waals surface area (Å²) in [6.45, 7) is 0.535. The molecule has 0 saturated heterocycles. The van der Waals surface area contributed by atoms with Crippen LogP contribution in [-0.4, -0.2) is 16.7 Å². The average Bonchev–Trinajstić information content (AvgIpc) is 2.51. The van der Waals surface area contributed by atoms with Crippen molar-refractivity contribution >= 4 is 27.0 Å². The van der Waals surface area contributed by atoms with E-state index in [0.29, 0.717) is 6.73 Å². The highest BCUT2D eigenvalue weighted by Crippen LogP contribution is 2.22. The highest BCUT2D eigenvalue weighted by Gasteiger charge is 2.03. The van der Waals surface area contributed by atoms with Gasteiger partial charge in [-0.15, -0.1) is 0 Å². The molecule has 13 heavy (non-hydrogen) atoms. The number of nitrogens with zero attached hydrogens (tertiary/aromatic N) is 2. The molecule has 0 spiro atoms. The van der Waals surface area contributed by atoms with Gasteiger partial charge in [-0.3, -0.25) is 0 Å². The highest BCUT2D eigenvalue weighted by atomic mass is 79.9. The fourth-order valence-electron chi connectivity index (χ4n) is 1.30. The van der Waals surface area contributed by atoms with Crippen molar-refractivity contribution < 1.29 is 4.74 Å². The second-order valence-electron chi connectivity index (χ2n) is 2.73. The fraction of sp³-hybridized carbons (Fsp3) is 0.222. The zero-order valence-electron chi connectivity index (χ0n) is 7.20. The summed E-state index contributed by atoms with van der Waals surface area (Å²) in [5, 5.41) is 1.11. The molecule has 3 nitrogen and oxygen atoms in total. The third kappa shape index (κ3) is 1.47. The largest absolute Gasteiger partial charge is 0.364 e. The first-order valence-electron chi connectivity index (χ1n) is 3.91. The van der Waals surface area contributed by atoms with Crippen molar-refractivity contribution in [2.45, 2.75) is 6.73 Å². The minimum Gasteiger partial charge on any atom is -0.364 e. The molecule has 0 aliphatic rings. The number of halogens is 1. The van der Waals surface area contributed by atoms with Crippen molar-refractivity contribution in [2.75, 3.05) is 7.11 Å². The standard InChI is InChI=1S/C9H9BrN2O/c1-13-6-12-5-3-7-8(10)2-4-11-9(7)12/h2-5H,6H2,1H3. The van der Waals surface area contributed by atoms with Gasteiger partial charge in [0.1, 0.15) is 12.4 Å². The van der Waals surface area contributed by atoms with Gasteiger partial charge in [0.15, 0.2) is 0 Å². The number of methoxy groups -OCH3 is 1. The van der Waals surface area contributed by atoms with E-state index >= 15 is 0 Å². The van der Waals surface area contributed by atoms with Crippen molar-refractivity contribution in [3.05, 3.63) is 29.0 Å². The summed E-state index contributed by atoms with van der Waals surface area (Å²) in [4.78, 5) is 4.27. The van der Waals surface area contributed by atoms with E-state index in [1.54, 1.807) is 13.3 Å². The minimum absolute atomic E-state index is 0.535. The second-order valence-corrected chi connectivity index (χ2v) is 3.59. The molecule has 0 atom stereocenters. The molecule has 0 bridgehead atoms. The van der Waals surface area contributed by atoms with Gasteiger partial charge in [0.25, 0.3) is 0 Å². The van der Waals surface area contributed by atoms with Gasteiger partial charge in [-0.1, -0.05) is 0 Å². The van der Waals surface area contributed by atoms with Crippen LogP contribution < -0.4 is 0 Å². The summed E-state index contributed by atoms with van der Waals surface area (Å²) < 4.78 is 8.06. The van der Waals surface area contributed by atoms with Crippen LogP contribution in [0.1, 0.15) is 0 Å². The number of pyridine rings is 1. The molecule has 0 aliphatic carbocycles. The summed E-state index contributed by atoms with van der Waals surface area (Å²) in [5.74, 6) is 0. The van der Waals surface area contributed by atoms with Crippen LogP contribution in [0.4, 0.5) is 0 Å². The normalized spacial score (nSPS) is 10.9. The first kappa shape index (κ1) is 8.72. The van der Waals surface area contributed by atoms with E-state index in [-0.39, 0.29) is 0 Å². The Labute approximate surface area is 84.5 Å². The van der Waals surface area contributed by atoms with Crippen LogP contribution >= 0.6 is 15.9 Å². The molecule has 0 amide bonds. The van der Waals surface area contributed by atoms with E-state index < -0.39 is 0 Å². The topological polar surface area (TPSA) is 27.1 Å². The van der Waals surface area contributed by atoms with Crippen molar-refractivity contribution in [2.24, 2.45) is 0 Å². The second kappa shape index (κ2) is 3.47. The Morgan fingerprint density at radius 3 is 3.15 bits per heavy atom. The molecule has 2 rings (SSSR count). The van der Waals surface area contributed by atoms with Gasteiger partial charge in [-0.2, -0.15) is 0 Å². The Bertz CT molecular complexity index is 424. The van der Waals surface area contributed by atoms with E-state index in [1.165, 1.54) is 0 Å². The number of ether oxygens (including phenoxy) is 1. The highest BCUT2D eigenvalue weighted by molar-refractivity contribution is 9.10. The van der Waals surface area contributed by atoms with E-state index in [4.69, 9.17) is 4.74 Å². The maximum atomic E-state index is 5.04. The molecule has 0 radical (unpaired) electrons. The predicted molar refractivity (Wildman–Crippen MR) is 54.4 cm³/mol. The zero-order valence-corrected chi connectivity index (χ0v) is 8.78. The lowest BCUT2D eigenvalue weighted by molar-refractivity contribution is 0.134. The Morgan fingerprint density at radius 1 is 1.54 bits per heavy atom. The van der Waals surface area contributed by atoms with Crippen LogP contribution in [0.3, 0.4) is 0 Å². The Kier molecular flexibility index (Phi) is 2.33. The maximum Gasteiger partial charge on any atom is 0.142 e. The number of aromatic nitrogens is 2. The van der Waals surface area contributed by atoms with Crippen molar-refractivity contribution in [3.63, 3.8) is 0 Å². The third-order valence-electron chi connectivity index (χ3n) is 1.88. The van der Waals surface area contributed by atoms with Crippen LogP contribution in [0.5, 0.6) is 0 Å². The molecule has 68 valence electrons. The number of hydrogen-bond acceptors (Lipinski definition) is 2. The summed E-state index contributed by atoms with van der Waals surface area (Å²) in [6.07, 6.45) is 3.74. The summed E-state index contributed by atoms with van der Waals surface area (Å²) in [5.41, 5.74) is 0.941. The van der Waals surface area contributed by atoms with Gasteiger partial charge in [0.05, 0.1) is 0 Å². The molecule has 4 heteroatoms. The van der Waals surface area contributed by atoms with Crippen LogP contribution in [-0.2, 0) is 11.5 Å². The lowest BCUT2D eigenvalue weighted by Gasteiger charge is -2.01. The zero-order chi connectivity index (χ0) is 9.26. The van der Waals surface area contributed by atoms with Crippen molar-refractivity contribution in [1.29, 1.82) is 0 Å². The molecular formula is C9H9BrN2O. The Hall–Kier alpha value is -0.870. The minimum atomic E-state index is 0.535. The van der Waals surface area contributed by atoms with Crippen molar-refractivity contribution in [3.8, 4) is 0 Å². The molecule has 0 saturated carbocycles. The van der Waals surface area contributed by atoms with E-state index in [0.717, 1.165) is 15.5 Å². The number of rotatable bonds is 2. The SMILES string of the molecule is COCn1ccc2c(Br)ccnc21. The molecule has 0 aromatic carbocycles. The van der Waals surface area contributed by atoms with Crippen LogP contribution in [0, 0.1) is 0 Å². The molecule has 0 aliphatic heterocycles. The predicted octanol–water partition coefficient (Wildman–Crippen LogP) is 2.40. The third-order valence-corrected chi connectivity index (χ3v) is 2.57. The van der Waals surface area contributed by atoms with Crippen LogP contribution in [0.2, 0.25) is 0 Å². The van der Waals surface area contributed by atoms with E-state index in [2.05, 4.69) is 20.9 Å². The van der Waals surface area contributed by atoms with Crippen molar-refractivity contribution in [1.82, 2.24) is 9.55 Å². The van der Waals surface area contributed by atoms with Crippen LogP contribution in [0.15, 0.2) is 29.0 Å². The lowest BCUT2D eigenvalue weighted by Crippen LogP contribution is -1.98. The fourth-order valence-corrected chi connectivity index (χ4v) is 1.73. The van der Waals surface area contributed by atoms with Gasteiger partial charge in [-0.25, -0.2) is 4.98 Å². The van der Waals surface area contributed by atoms with Gasteiger partial charge in [0.2, 0.25) is 0 Å². The molecule has 0 unspecified atom stereocenters. The van der Waals surface area contributed by atoms with Gasteiger partial charge in [-0.05, 0) is 28.1 Å². The Morgan fingerprint density at radius 2 is 2.38 bits per heavy atom. The lowest BCUT2D eigenvalue weighted by atomic mass is 10.3. The summed E-state index contributed by atoms with van der Waals surface area (Å²) in [7, 11) is 1.67. The van der Waals surface area contributed by atoms with E-state index in [1.807, 2.05) is 22.9 Å². The monoisotopic (exact) mass is 240 g/mol. The first-order chi connectivity index (χ1) is 6.33. The van der Waals surface area contributed by atoms with E-state index in [9.17, 15) is 0 Å². The summed E-state index contributed by atoms with van der Waals surface area (Å²) in [6, 6.07) is 3.95. The molecule has 2 aromatic rings. The number of fused-ring (bicyclic) bond motifs is 1. The van der Waals surface area contributed by atoms with Gasteiger partial charge in [0, 0.05) is 29.4 Å². The number of hydrogen-bond donors (Lipinski definition) is 0. The van der Waals surface area contributed by atoms with Crippen LogP contribution in [0.25, 0.3) is 11.0 Å². The quantitative estimate of drug-likeness (QED) is 0.807. The molecule has 2 aromatic heterocycles. The smallest absolute Gasteiger partial charge is 0.142 e. The first-order valence-corrected chi connectivity index (χ1v) is 4.70. The molecule has 2 heterocycles. The average molecular weight is 241 g/mol. The molecule has 0 fully saturated rings. The van der Waals surface area contributed by atoms with Gasteiger partial charge < -0.3 is 9.30 Å². The van der Waals surface area contributed by atoms with Gasteiger partial charge >= 0.3 is 0 Å². The molecule has 0 N–H and O–H groups in total. The molecular weight excluding hydrogens is 232 g/mol.